The number of ether oxygens (including phenoxy) is 1. The lowest BCUT2D eigenvalue weighted by atomic mass is 9.93. The molecule has 0 saturated heterocycles. The molecular weight excluding hydrogens is 212 g/mol. The molecule has 0 aliphatic heterocycles. The molecule has 1 fully saturated rings. The van der Waals surface area contributed by atoms with Crippen molar-refractivity contribution in [2.45, 2.75) is 44.2 Å². The Labute approximate surface area is 104 Å². The van der Waals surface area contributed by atoms with E-state index in [1.807, 2.05) is 25.6 Å². The van der Waals surface area contributed by atoms with E-state index in [-0.39, 0.29) is 0 Å². The van der Waals surface area contributed by atoms with Crippen LogP contribution in [0, 0.1) is 0 Å². The molecule has 94 valence electrons. The first-order valence-electron chi connectivity index (χ1n) is 6.53. The van der Waals surface area contributed by atoms with Crippen LogP contribution in [0.2, 0.25) is 0 Å². The van der Waals surface area contributed by atoms with E-state index in [4.69, 9.17) is 4.74 Å². The Bertz CT molecular complexity index is 307. The lowest BCUT2D eigenvalue weighted by Gasteiger charge is -2.28. The molecule has 1 N–H and O–H groups in total. The van der Waals surface area contributed by atoms with Gasteiger partial charge < -0.3 is 10.1 Å². The van der Waals surface area contributed by atoms with Crippen LogP contribution in [0.3, 0.4) is 0 Å². The van der Waals surface area contributed by atoms with Gasteiger partial charge in [0.15, 0.2) is 0 Å². The van der Waals surface area contributed by atoms with Gasteiger partial charge in [-0.2, -0.15) is 0 Å². The van der Waals surface area contributed by atoms with E-state index in [1.54, 1.807) is 0 Å². The molecular formula is C14H22N2O. The van der Waals surface area contributed by atoms with Gasteiger partial charge in [-0.25, -0.2) is 0 Å². The fourth-order valence-electron chi connectivity index (χ4n) is 2.47. The summed E-state index contributed by atoms with van der Waals surface area (Å²) in [6.07, 6.45) is 10.2. The predicted molar refractivity (Wildman–Crippen MR) is 69.0 cm³/mol. The van der Waals surface area contributed by atoms with Crippen LogP contribution >= 0.6 is 0 Å². The maximum atomic E-state index is 5.38. The molecule has 0 radical (unpaired) electrons. The van der Waals surface area contributed by atoms with E-state index >= 15 is 0 Å². The lowest BCUT2D eigenvalue weighted by molar-refractivity contribution is 0.0626. The zero-order valence-electron chi connectivity index (χ0n) is 10.6. The Morgan fingerprint density at radius 1 is 1.35 bits per heavy atom. The normalized spacial score (nSPS) is 24.8. The summed E-state index contributed by atoms with van der Waals surface area (Å²) in [5.74, 6) is 0. The van der Waals surface area contributed by atoms with Crippen molar-refractivity contribution in [3.05, 3.63) is 30.1 Å². The van der Waals surface area contributed by atoms with E-state index in [2.05, 4.69) is 16.4 Å². The number of aromatic nitrogens is 1. The van der Waals surface area contributed by atoms with Crippen molar-refractivity contribution in [2.75, 3.05) is 13.7 Å². The van der Waals surface area contributed by atoms with Crippen molar-refractivity contribution in [3.63, 3.8) is 0 Å². The highest BCUT2D eigenvalue weighted by atomic mass is 16.5. The van der Waals surface area contributed by atoms with Crippen molar-refractivity contribution in [2.24, 2.45) is 0 Å². The lowest BCUT2D eigenvalue weighted by Crippen LogP contribution is -2.36. The summed E-state index contributed by atoms with van der Waals surface area (Å²) >= 11 is 0. The second-order valence-electron chi connectivity index (χ2n) is 4.77. The summed E-state index contributed by atoms with van der Waals surface area (Å²) in [4.78, 5) is 4.13. The number of nitrogens with one attached hydrogen (secondary N) is 1. The van der Waals surface area contributed by atoms with Gasteiger partial charge in [0.2, 0.25) is 0 Å². The average Bonchev–Trinajstić information content (AvgIpc) is 2.41. The van der Waals surface area contributed by atoms with Crippen LogP contribution in [0.25, 0.3) is 0 Å². The van der Waals surface area contributed by atoms with Gasteiger partial charge in [-0.1, -0.05) is 6.07 Å². The molecule has 0 atom stereocenters. The van der Waals surface area contributed by atoms with Gasteiger partial charge in [-0.15, -0.1) is 0 Å². The van der Waals surface area contributed by atoms with Gasteiger partial charge in [-0.3, -0.25) is 4.98 Å². The predicted octanol–water partition coefficient (Wildman–Crippen LogP) is 2.17. The van der Waals surface area contributed by atoms with Crippen molar-refractivity contribution < 1.29 is 4.74 Å². The minimum atomic E-state index is 0.492. The number of pyridine rings is 1. The molecule has 1 saturated carbocycles. The molecule has 0 aromatic carbocycles. The van der Waals surface area contributed by atoms with E-state index in [0.717, 1.165) is 13.0 Å². The summed E-state index contributed by atoms with van der Waals surface area (Å²) in [6, 6.07) is 4.81. The molecule has 1 aromatic rings. The maximum absolute atomic E-state index is 5.38. The highest BCUT2D eigenvalue weighted by Gasteiger charge is 2.19. The minimum Gasteiger partial charge on any atom is -0.381 e. The van der Waals surface area contributed by atoms with Crippen LogP contribution in [0.15, 0.2) is 24.5 Å². The summed E-state index contributed by atoms with van der Waals surface area (Å²) < 4.78 is 5.38. The minimum absolute atomic E-state index is 0.492. The molecule has 1 aromatic heterocycles. The first-order valence-corrected chi connectivity index (χ1v) is 6.53. The zero-order chi connectivity index (χ0) is 11.9. The Kier molecular flexibility index (Phi) is 4.95. The molecule has 1 heterocycles. The van der Waals surface area contributed by atoms with Gasteiger partial charge in [0.1, 0.15) is 0 Å². The summed E-state index contributed by atoms with van der Waals surface area (Å²) in [5, 5.41) is 3.63. The van der Waals surface area contributed by atoms with E-state index in [1.165, 1.54) is 31.2 Å². The monoisotopic (exact) mass is 234 g/mol. The molecule has 0 bridgehead atoms. The fourth-order valence-corrected chi connectivity index (χ4v) is 2.47. The highest BCUT2D eigenvalue weighted by Crippen LogP contribution is 2.20. The molecule has 0 unspecified atom stereocenters. The number of methoxy groups -OCH3 is 1. The molecule has 0 spiro atoms. The summed E-state index contributed by atoms with van der Waals surface area (Å²) in [7, 11) is 1.82. The Balaban J connectivity index is 1.63. The third-order valence-electron chi connectivity index (χ3n) is 3.58. The van der Waals surface area contributed by atoms with Gasteiger partial charge in [-0.05, 0) is 50.3 Å². The van der Waals surface area contributed by atoms with Crippen LogP contribution in [0.5, 0.6) is 0 Å². The Hall–Kier alpha value is -0.930. The van der Waals surface area contributed by atoms with Gasteiger partial charge in [0.25, 0.3) is 0 Å². The van der Waals surface area contributed by atoms with Crippen LogP contribution < -0.4 is 5.32 Å². The van der Waals surface area contributed by atoms with E-state index in [9.17, 15) is 0 Å². The number of rotatable bonds is 5. The van der Waals surface area contributed by atoms with Gasteiger partial charge in [0, 0.05) is 25.5 Å². The first kappa shape index (κ1) is 12.5. The molecule has 1 aliphatic carbocycles. The molecule has 2 rings (SSSR count). The maximum Gasteiger partial charge on any atom is 0.0572 e. The van der Waals surface area contributed by atoms with Gasteiger partial charge >= 0.3 is 0 Å². The van der Waals surface area contributed by atoms with Crippen LogP contribution in [0.4, 0.5) is 0 Å². The number of hydrogen-bond donors (Lipinski definition) is 1. The number of hydrogen-bond acceptors (Lipinski definition) is 3. The quantitative estimate of drug-likeness (QED) is 0.848. The van der Waals surface area contributed by atoms with Crippen molar-refractivity contribution in [1.29, 1.82) is 0 Å². The van der Waals surface area contributed by atoms with Crippen molar-refractivity contribution in [1.82, 2.24) is 10.3 Å². The molecule has 3 nitrogen and oxygen atoms in total. The highest BCUT2D eigenvalue weighted by molar-refractivity contribution is 5.08. The fraction of sp³-hybridized carbons (Fsp3) is 0.643. The topological polar surface area (TPSA) is 34.1 Å². The van der Waals surface area contributed by atoms with Crippen LogP contribution in [-0.2, 0) is 11.2 Å². The summed E-state index contributed by atoms with van der Waals surface area (Å²) in [6.45, 7) is 1.05. The average molecular weight is 234 g/mol. The van der Waals surface area contributed by atoms with Crippen LogP contribution in [0.1, 0.15) is 31.2 Å². The molecule has 1 aliphatic rings. The van der Waals surface area contributed by atoms with Crippen molar-refractivity contribution in [3.8, 4) is 0 Å². The Morgan fingerprint density at radius 3 is 2.82 bits per heavy atom. The van der Waals surface area contributed by atoms with E-state index in [0.29, 0.717) is 12.1 Å². The first-order chi connectivity index (χ1) is 8.38. The third-order valence-corrected chi connectivity index (χ3v) is 3.58. The SMILES string of the molecule is COC1CCC(NCCc2cccnc2)CC1. The molecule has 3 heteroatoms. The van der Waals surface area contributed by atoms with Crippen LogP contribution in [-0.4, -0.2) is 30.8 Å². The standard InChI is InChI=1S/C14H22N2O/c1-17-14-6-4-13(5-7-14)16-10-8-12-3-2-9-15-11-12/h2-3,9,11,13-14,16H,4-8,10H2,1H3. The summed E-state index contributed by atoms with van der Waals surface area (Å²) in [5.41, 5.74) is 1.31. The Morgan fingerprint density at radius 2 is 2.18 bits per heavy atom. The second-order valence-corrected chi connectivity index (χ2v) is 4.77. The zero-order valence-corrected chi connectivity index (χ0v) is 10.6. The largest absolute Gasteiger partial charge is 0.381 e. The van der Waals surface area contributed by atoms with E-state index < -0.39 is 0 Å². The van der Waals surface area contributed by atoms with Crippen molar-refractivity contribution >= 4 is 0 Å². The second kappa shape index (κ2) is 6.72. The van der Waals surface area contributed by atoms with Gasteiger partial charge in [0.05, 0.1) is 6.10 Å². The molecule has 0 amide bonds. The smallest absolute Gasteiger partial charge is 0.0572 e. The number of nitrogens with zero attached hydrogens (tertiary/aromatic N) is 1. The third kappa shape index (κ3) is 4.10. The molecule has 17 heavy (non-hydrogen) atoms.